The zero-order valence-electron chi connectivity index (χ0n) is 34.2. The lowest BCUT2D eigenvalue weighted by molar-refractivity contribution is -0.134. The summed E-state index contributed by atoms with van der Waals surface area (Å²) < 4.78 is 39.1. The Morgan fingerprint density at radius 3 is 2.44 bits per heavy atom. The van der Waals surface area contributed by atoms with E-state index in [9.17, 15) is 14.4 Å². The average molecular weight is 855 g/mol. The third-order valence-corrected chi connectivity index (χ3v) is 13.7. The van der Waals surface area contributed by atoms with Crippen molar-refractivity contribution in [2.24, 2.45) is 25.9 Å². The number of hydrogen-bond donors (Lipinski definition) is 3. The molecule has 4 aliphatic heterocycles. The molecule has 320 valence electrons. The smallest absolute Gasteiger partial charge is 0.301 e. The molecule has 2 atom stereocenters. The molecule has 4 fully saturated rings. The standard InChI is InChI=1S/C44H49ClF2N10O4/c1-53-34-9-5-27(19-31(34)39-40(43(53)60)61-24-44(46,47)41(51-39)26-3-4-26)49-33-21-36(48-22-32(33)45)57-17-15-55(16-18-57)23-25-11-13-56(14-12-25)28-6-7-29-35(20-28)54(2)52-38(29)30-8-10-37(58)50-42(30)59/h5-7,9,19-22,25-26,30,41,51H,3-4,8,10-18,23-24H2,1-2H3,(H,48,49)(H,50,58,59)/t30?,41-/m0/s1. The summed E-state index contributed by atoms with van der Waals surface area (Å²) in [5.74, 6) is -2.88. The van der Waals surface area contributed by atoms with Gasteiger partial charge in [-0.1, -0.05) is 11.6 Å². The van der Waals surface area contributed by atoms with E-state index in [-0.39, 0.29) is 23.5 Å². The molecule has 61 heavy (non-hydrogen) atoms. The Labute approximate surface area is 356 Å². The maximum Gasteiger partial charge on any atom is 0.301 e. The van der Waals surface area contributed by atoms with E-state index in [1.54, 1.807) is 19.3 Å². The summed E-state index contributed by atoms with van der Waals surface area (Å²) in [6.45, 7) is 5.64. The maximum atomic E-state index is 15.2. The van der Waals surface area contributed by atoms with E-state index in [1.165, 1.54) is 4.57 Å². The van der Waals surface area contributed by atoms with Gasteiger partial charge in [-0.2, -0.15) is 5.10 Å². The number of pyridine rings is 2. The van der Waals surface area contributed by atoms with Crippen LogP contribution in [-0.2, 0) is 23.7 Å². The molecule has 3 N–H and O–H groups in total. The molecule has 17 heteroatoms. The van der Waals surface area contributed by atoms with Crippen LogP contribution in [-0.4, -0.2) is 100 Å². The van der Waals surface area contributed by atoms with E-state index in [2.05, 4.69) is 53.8 Å². The summed E-state index contributed by atoms with van der Waals surface area (Å²) in [6, 6.07) is 12.7. The molecule has 7 heterocycles. The molecule has 0 spiro atoms. The Kier molecular flexibility index (Phi) is 10.0. The largest absolute Gasteiger partial charge is 0.480 e. The minimum absolute atomic E-state index is 0.0904. The number of carbonyl (C=O) groups excluding carboxylic acids is 2. The van der Waals surface area contributed by atoms with Gasteiger partial charge in [-0.3, -0.25) is 29.3 Å². The second kappa shape index (κ2) is 15.5. The van der Waals surface area contributed by atoms with Crippen molar-refractivity contribution in [3.63, 3.8) is 0 Å². The highest BCUT2D eigenvalue weighted by atomic mass is 35.5. The highest BCUT2D eigenvalue weighted by Gasteiger charge is 2.51. The van der Waals surface area contributed by atoms with Crippen LogP contribution < -0.4 is 36.0 Å². The van der Waals surface area contributed by atoms with E-state index in [0.29, 0.717) is 64.6 Å². The number of rotatable bonds is 8. The zero-order valence-corrected chi connectivity index (χ0v) is 35.0. The van der Waals surface area contributed by atoms with Gasteiger partial charge in [-0.05, 0) is 80.3 Å². The van der Waals surface area contributed by atoms with Crippen LogP contribution in [0.4, 0.5) is 37.3 Å². The SMILES string of the molecule is Cn1nc(C2CCC(=O)NC2=O)c2ccc(N3CCC(CN4CCN(c5cc(Nc6ccc7c(c6)c6c(c(=O)n7C)OCC(F)(F)[C@H](C7CC7)N6)c(Cl)cn5)CC4)CC3)cc21. The lowest BCUT2D eigenvalue weighted by Crippen LogP contribution is -2.49. The molecule has 0 bridgehead atoms. The Hall–Kier alpha value is -5.48. The minimum atomic E-state index is -3.12. The number of hydrogen-bond acceptors (Lipinski definition) is 11. The number of aromatic nitrogens is 4. The minimum Gasteiger partial charge on any atom is -0.480 e. The van der Waals surface area contributed by atoms with E-state index >= 15 is 8.78 Å². The van der Waals surface area contributed by atoms with Crippen LogP contribution in [0.5, 0.6) is 5.75 Å². The average Bonchev–Trinajstić information content (AvgIpc) is 4.06. The molecule has 2 aromatic carbocycles. The fourth-order valence-corrected chi connectivity index (χ4v) is 9.87. The summed E-state index contributed by atoms with van der Waals surface area (Å²) in [6.07, 6.45) is 6.07. The van der Waals surface area contributed by atoms with E-state index in [4.69, 9.17) is 21.4 Å². The number of nitrogens with one attached hydrogen (secondary N) is 3. The molecule has 10 rings (SSSR count). The van der Waals surface area contributed by atoms with E-state index < -0.39 is 30.0 Å². The van der Waals surface area contributed by atoms with Crippen LogP contribution in [0.25, 0.3) is 21.8 Å². The van der Waals surface area contributed by atoms with Crippen molar-refractivity contribution in [3.05, 3.63) is 69.7 Å². The van der Waals surface area contributed by atoms with Gasteiger partial charge < -0.3 is 29.7 Å². The molecule has 0 radical (unpaired) electrons. The molecule has 3 saturated heterocycles. The first-order chi connectivity index (χ1) is 29.4. The molecule has 3 aromatic heterocycles. The Morgan fingerprint density at radius 1 is 0.902 bits per heavy atom. The molecule has 5 aromatic rings. The summed E-state index contributed by atoms with van der Waals surface area (Å²) in [5, 5.41) is 15.7. The number of anilines is 5. The molecule has 14 nitrogen and oxygen atoms in total. The monoisotopic (exact) mass is 854 g/mol. The number of halogens is 3. The number of amides is 2. The summed E-state index contributed by atoms with van der Waals surface area (Å²) in [7, 11) is 3.53. The van der Waals surface area contributed by atoms with Crippen LogP contribution in [0.15, 0.2) is 53.5 Å². The van der Waals surface area contributed by atoms with Crippen molar-refractivity contribution in [1.29, 1.82) is 0 Å². The highest BCUT2D eigenvalue weighted by molar-refractivity contribution is 6.33. The van der Waals surface area contributed by atoms with Crippen molar-refractivity contribution in [2.45, 2.75) is 56.4 Å². The normalized spacial score (nSPS) is 22.4. The molecular weight excluding hydrogens is 806 g/mol. The first kappa shape index (κ1) is 39.6. The maximum absolute atomic E-state index is 15.2. The van der Waals surface area contributed by atoms with Crippen molar-refractivity contribution in [3.8, 4) is 5.75 Å². The Balaban J connectivity index is 0.763. The number of alkyl halides is 2. The van der Waals surface area contributed by atoms with Crippen LogP contribution in [0.2, 0.25) is 5.02 Å². The van der Waals surface area contributed by atoms with Gasteiger partial charge in [0.05, 0.1) is 51.3 Å². The van der Waals surface area contributed by atoms with Crippen molar-refractivity contribution >= 4 is 73.8 Å². The Bertz CT molecular complexity index is 2610. The predicted octanol–water partition coefficient (Wildman–Crippen LogP) is 5.99. The fraction of sp³-hybridized carbons (Fsp3) is 0.477. The van der Waals surface area contributed by atoms with E-state index in [1.807, 2.05) is 29.9 Å². The molecule has 1 unspecified atom stereocenters. The van der Waals surface area contributed by atoms with Crippen molar-refractivity contribution in [1.82, 2.24) is 29.5 Å². The second-order valence-electron chi connectivity index (χ2n) is 17.4. The van der Waals surface area contributed by atoms with Crippen LogP contribution in [0.3, 0.4) is 0 Å². The lowest BCUT2D eigenvalue weighted by Gasteiger charge is -2.39. The molecular formula is C44H49ClF2N10O4. The fourth-order valence-electron chi connectivity index (χ4n) is 9.72. The quantitative estimate of drug-likeness (QED) is 0.159. The van der Waals surface area contributed by atoms with E-state index in [0.717, 1.165) is 86.8 Å². The number of ether oxygens (including phenoxy) is 1. The third-order valence-electron chi connectivity index (χ3n) is 13.4. The molecule has 1 aliphatic carbocycles. The summed E-state index contributed by atoms with van der Waals surface area (Å²) in [5.41, 5.74) is 4.66. The lowest BCUT2D eigenvalue weighted by atomic mass is 9.92. The van der Waals surface area contributed by atoms with Crippen molar-refractivity contribution in [2.75, 3.05) is 72.9 Å². The van der Waals surface area contributed by atoms with Crippen LogP contribution >= 0.6 is 11.6 Å². The van der Waals surface area contributed by atoms with Gasteiger partial charge in [0.15, 0.2) is 6.61 Å². The van der Waals surface area contributed by atoms with Gasteiger partial charge in [-0.15, -0.1) is 0 Å². The van der Waals surface area contributed by atoms with Crippen molar-refractivity contribution < 1.29 is 23.1 Å². The predicted molar refractivity (Wildman–Crippen MR) is 232 cm³/mol. The summed E-state index contributed by atoms with van der Waals surface area (Å²) in [4.78, 5) is 49.5. The summed E-state index contributed by atoms with van der Waals surface area (Å²) >= 11 is 6.69. The Morgan fingerprint density at radius 2 is 1.69 bits per heavy atom. The first-order valence-electron chi connectivity index (χ1n) is 21.3. The number of fused-ring (bicyclic) bond motifs is 4. The number of benzene rings is 2. The van der Waals surface area contributed by atoms with Gasteiger partial charge in [0, 0.05) is 94.5 Å². The number of carbonyl (C=O) groups is 2. The second-order valence-corrected chi connectivity index (χ2v) is 17.8. The first-order valence-corrected chi connectivity index (χ1v) is 21.7. The van der Waals surface area contributed by atoms with Gasteiger partial charge in [0.1, 0.15) is 5.82 Å². The number of piperidine rings is 2. The molecule has 1 saturated carbocycles. The zero-order chi connectivity index (χ0) is 42.2. The number of piperazine rings is 1. The van der Waals surface area contributed by atoms with Crippen LogP contribution in [0.1, 0.15) is 50.1 Å². The highest BCUT2D eigenvalue weighted by Crippen LogP contribution is 2.46. The van der Waals surface area contributed by atoms with Gasteiger partial charge in [0.25, 0.3) is 5.56 Å². The molecule has 2 amide bonds. The van der Waals surface area contributed by atoms with Gasteiger partial charge >= 0.3 is 5.92 Å². The molecule has 5 aliphatic rings. The van der Waals surface area contributed by atoms with Gasteiger partial charge in [0.2, 0.25) is 17.6 Å². The number of nitrogens with zero attached hydrogens (tertiary/aromatic N) is 7. The number of aryl methyl sites for hydroxylation is 2. The third kappa shape index (κ3) is 7.51. The topological polar surface area (TPSA) is 142 Å². The van der Waals surface area contributed by atoms with Crippen LogP contribution in [0, 0.1) is 11.8 Å². The van der Waals surface area contributed by atoms with Gasteiger partial charge in [-0.25, -0.2) is 13.8 Å². The number of imide groups is 1.